The van der Waals surface area contributed by atoms with Crippen molar-refractivity contribution >= 4 is 34.1 Å². The first-order valence-electron chi connectivity index (χ1n) is 9.72. The smallest absolute Gasteiger partial charge is 0.360 e. The molecule has 0 unspecified atom stereocenters. The van der Waals surface area contributed by atoms with Crippen LogP contribution in [-0.2, 0) is 9.53 Å². The average Bonchev–Trinajstić information content (AvgIpc) is 2.73. The van der Waals surface area contributed by atoms with E-state index < -0.39 is 28.8 Å². The summed E-state index contributed by atoms with van der Waals surface area (Å²) < 4.78 is 5.30. The second kappa shape index (κ2) is 8.51. The van der Waals surface area contributed by atoms with Crippen molar-refractivity contribution in [1.29, 1.82) is 0 Å². The number of H-pyrrole nitrogens is 1. The summed E-state index contributed by atoms with van der Waals surface area (Å²) in [5.74, 6) is -1.37. The summed E-state index contributed by atoms with van der Waals surface area (Å²) in [5.41, 5.74) is -0.152. The zero-order chi connectivity index (χ0) is 22.8. The highest BCUT2D eigenvalue weighted by Crippen LogP contribution is 2.19. The van der Waals surface area contributed by atoms with Gasteiger partial charge >= 0.3 is 5.97 Å². The third-order valence-corrected chi connectivity index (χ3v) is 4.65. The summed E-state index contributed by atoms with van der Waals surface area (Å²) >= 11 is 0. The first kappa shape index (κ1) is 21.9. The summed E-state index contributed by atoms with van der Waals surface area (Å²) in [4.78, 5) is 49.2. The van der Waals surface area contributed by atoms with Gasteiger partial charge in [0.2, 0.25) is 11.7 Å². The summed E-state index contributed by atoms with van der Waals surface area (Å²) in [7, 11) is 0. The monoisotopic (exact) mass is 421 g/mol. The van der Waals surface area contributed by atoms with Crippen molar-refractivity contribution in [3.05, 3.63) is 70.1 Å². The number of aromatic amines is 1. The molecule has 3 rings (SSSR count). The largest absolute Gasteiger partial charge is 0.449 e. The zero-order valence-corrected chi connectivity index (χ0v) is 17.7. The lowest BCUT2D eigenvalue weighted by Crippen LogP contribution is -2.28. The first-order valence-corrected chi connectivity index (χ1v) is 9.72. The number of ketones is 1. The maximum Gasteiger partial charge on any atom is 0.360 e. The van der Waals surface area contributed by atoms with Gasteiger partial charge in [0.05, 0.1) is 5.39 Å². The predicted molar refractivity (Wildman–Crippen MR) is 116 cm³/mol. The number of benzene rings is 2. The number of ether oxygens (including phenoxy) is 1. The van der Waals surface area contributed by atoms with Gasteiger partial charge in [0, 0.05) is 22.1 Å². The Kier molecular flexibility index (Phi) is 6.01. The van der Waals surface area contributed by atoms with Crippen molar-refractivity contribution in [1.82, 2.24) is 10.2 Å². The fraction of sp³-hybridized carbons (Fsp3) is 0.261. The number of hydrogen-bond acceptors (Lipinski definition) is 6. The molecule has 2 aromatic carbocycles. The highest BCUT2D eigenvalue weighted by molar-refractivity contribution is 6.05. The molecule has 8 heteroatoms. The summed E-state index contributed by atoms with van der Waals surface area (Å²) in [5, 5.41) is 9.48. The van der Waals surface area contributed by atoms with Crippen molar-refractivity contribution in [2.45, 2.75) is 33.8 Å². The topological polar surface area (TPSA) is 118 Å². The number of esters is 1. The lowest BCUT2D eigenvalue weighted by atomic mass is 9.95. The van der Waals surface area contributed by atoms with Gasteiger partial charge in [-0.1, -0.05) is 39.0 Å². The number of hydrogen-bond donors (Lipinski definition) is 2. The molecule has 1 aromatic heterocycles. The molecule has 0 aliphatic carbocycles. The molecule has 1 amide bonds. The SMILES string of the molecule is C[C@H](OC(=O)c1n[nH]c(=O)c2ccccc12)C(=O)c1ccc(NC(=O)C(C)(C)C)cc1. The van der Waals surface area contributed by atoms with Crippen LogP contribution in [0.1, 0.15) is 48.5 Å². The molecule has 0 aliphatic rings. The minimum Gasteiger partial charge on any atom is -0.449 e. The summed E-state index contributed by atoms with van der Waals surface area (Å²) in [6.07, 6.45) is -1.07. The van der Waals surface area contributed by atoms with E-state index in [0.29, 0.717) is 22.0 Å². The third-order valence-electron chi connectivity index (χ3n) is 4.65. The number of nitrogens with one attached hydrogen (secondary N) is 2. The van der Waals surface area contributed by atoms with Crippen LogP contribution in [0.5, 0.6) is 0 Å². The summed E-state index contributed by atoms with van der Waals surface area (Å²) in [6, 6.07) is 12.8. The fourth-order valence-electron chi connectivity index (χ4n) is 2.81. The van der Waals surface area contributed by atoms with Gasteiger partial charge in [-0.05, 0) is 37.3 Å². The Hall–Kier alpha value is -3.81. The van der Waals surface area contributed by atoms with Crippen LogP contribution in [0.4, 0.5) is 5.69 Å². The molecule has 0 aliphatic heterocycles. The van der Waals surface area contributed by atoms with Crippen LogP contribution in [0.15, 0.2) is 53.3 Å². The van der Waals surface area contributed by atoms with E-state index >= 15 is 0 Å². The zero-order valence-electron chi connectivity index (χ0n) is 17.7. The first-order chi connectivity index (χ1) is 14.6. The maximum absolute atomic E-state index is 12.7. The van der Waals surface area contributed by atoms with Gasteiger partial charge in [0.15, 0.2) is 11.8 Å². The molecule has 0 fully saturated rings. The van der Waals surface area contributed by atoms with E-state index in [9.17, 15) is 19.2 Å². The Morgan fingerprint density at radius 3 is 2.23 bits per heavy atom. The number of fused-ring (bicyclic) bond motifs is 1. The Morgan fingerprint density at radius 1 is 1.00 bits per heavy atom. The second-order valence-corrected chi connectivity index (χ2v) is 8.14. The molecule has 0 saturated heterocycles. The van der Waals surface area contributed by atoms with E-state index in [1.807, 2.05) is 0 Å². The van der Waals surface area contributed by atoms with Crippen molar-refractivity contribution in [3.63, 3.8) is 0 Å². The quantitative estimate of drug-likeness (QED) is 0.482. The summed E-state index contributed by atoms with van der Waals surface area (Å²) in [6.45, 7) is 6.87. The van der Waals surface area contributed by atoms with Crippen molar-refractivity contribution < 1.29 is 19.1 Å². The Labute approximate surface area is 178 Å². The molecule has 2 N–H and O–H groups in total. The molecule has 0 saturated carbocycles. The van der Waals surface area contributed by atoms with Crippen LogP contribution in [0.3, 0.4) is 0 Å². The number of carbonyl (C=O) groups excluding carboxylic acids is 3. The molecular weight excluding hydrogens is 398 g/mol. The predicted octanol–water partition coefficient (Wildman–Crippen LogP) is 3.34. The van der Waals surface area contributed by atoms with Gasteiger partial charge < -0.3 is 10.1 Å². The van der Waals surface area contributed by atoms with E-state index in [2.05, 4.69) is 15.5 Å². The van der Waals surface area contributed by atoms with E-state index in [1.165, 1.54) is 6.92 Å². The number of amides is 1. The molecule has 0 spiro atoms. The van der Waals surface area contributed by atoms with Crippen LogP contribution >= 0.6 is 0 Å². The van der Waals surface area contributed by atoms with Crippen LogP contribution < -0.4 is 10.9 Å². The van der Waals surface area contributed by atoms with Crippen molar-refractivity contribution in [2.75, 3.05) is 5.32 Å². The number of carbonyl (C=O) groups is 3. The third kappa shape index (κ3) is 4.85. The van der Waals surface area contributed by atoms with Crippen molar-refractivity contribution in [2.24, 2.45) is 5.41 Å². The lowest BCUT2D eigenvalue weighted by Gasteiger charge is -2.18. The van der Waals surface area contributed by atoms with Gasteiger partial charge in [-0.15, -0.1) is 0 Å². The van der Waals surface area contributed by atoms with Gasteiger partial charge in [-0.2, -0.15) is 5.10 Å². The highest BCUT2D eigenvalue weighted by atomic mass is 16.5. The highest BCUT2D eigenvalue weighted by Gasteiger charge is 2.24. The fourth-order valence-corrected chi connectivity index (χ4v) is 2.81. The Morgan fingerprint density at radius 2 is 1.61 bits per heavy atom. The molecule has 1 heterocycles. The molecular formula is C23H23N3O5. The molecule has 31 heavy (non-hydrogen) atoms. The second-order valence-electron chi connectivity index (χ2n) is 8.14. The molecule has 1 atom stereocenters. The van der Waals surface area contributed by atoms with Gasteiger partial charge in [0.25, 0.3) is 5.56 Å². The van der Waals surface area contributed by atoms with Crippen LogP contribution in [0.2, 0.25) is 0 Å². The van der Waals surface area contributed by atoms with E-state index in [4.69, 9.17) is 4.74 Å². The molecule has 160 valence electrons. The van der Waals surface area contributed by atoms with Crippen molar-refractivity contribution in [3.8, 4) is 0 Å². The van der Waals surface area contributed by atoms with Crippen LogP contribution in [0.25, 0.3) is 10.8 Å². The van der Waals surface area contributed by atoms with Gasteiger partial charge in [-0.25, -0.2) is 9.89 Å². The molecule has 0 radical (unpaired) electrons. The average molecular weight is 421 g/mol. The van der Waals surface area contributed by atoms with Gasteiger partial charge in [0.1, 0.15) is 0 Å². The van der Waals surface area contributed by atoms with Crippen LogP contribution in [0, 0.1) is 5.41 Å². The number of Topliss-reactive ketones (excluding diaryl/α,β-unsaturated/α-hetero) is 1. The maximum atomic E-state index is 12.7. The minimum atomic E-state index is -1.07. The number of aromatic nitrogens is 2. The standard InChI is InChI=1S/C23H23N3O5/c1-13(19(27)14-9-11-15(12-10-14)24-22(30)23(2,3)4)31-21(29)18-16-7-5-6-8-17(16)20(28)26-25-18/h5-13H,1-4H3,(H,24,30)(H,26,28)/t13-/m0/s1. The molecule has 8 nitrogen and oxygen atoms in total. The van der Waals surface area contributed by atoms with Gasteiger partial charge in [-0.3, -0.25) is 14.4 Å². The number of anilines is 1. The minimum absolute atomic E-state index is 0.0740. The van der Waals surface area contributed by atoms with Crippen LogP contribution in [-0.4, -0.2) is 34.0 Å². The number of rotatable bonds is 5. The Bertz CT molecular complexity index is 1210. The molecule has 3 aromatic rings. The van der Waals surface area contributed by atoms with E-state index in [0.717, 1.165) is 0 Å². The normalized spacial score (nSPS) is 12.3. The van der Waals surface area contributed by atoms with E-state index in [-0.39, 0.29) is 11.6 Å². The lowest BCUT2D eigenvalue weighted by molar-refractivity contribution is -0.123. The van der Waals surface area contributed by atoms with E-state index in [1.54, 1.807) is 69.3 Å². The molecule has 0 bridgehead atoms. The number of nitrogens with zero attached hydrogens (tertiary/aromatic N) is 1. The Balaban J connectivity index is 1.72.